The fraction of sp³-hybridized carbons (Fsp3) is 0. The van der Waals surface area contributed by atoms with Gasteiger partial charge in [0.25, 0.3) is 0 Å². The Balaban J connectivity index is 3.35. The molecular formula is C7H3ClFIO. The molecule has 0 aromatic heterocycles. The van der Waals surface area contributed by atoms with Gasteiger partial charge in [-0.1, -0.05) is 11.6 Å². The van der Waals surface area contributed by atoms with Crippen LogP contribution in [0.1, 0.15) is 10.4 Å². The lowest BCUT2D eigenvalue weighted by atomic mass is 10.2. The zero-order chi connectivity index (χ0) is 8.43. The van der Waals surface area contributed by atoms with Gasteiger partial charge in [0.1, 0.15) is 0 Å². The van der Waals surface area contributed by atoms with Crippen molar-refractivity contribution in [3.05, 3.63) is 32.1 Å². The Bertz CT molecular complexity index is 301. The third-order valence-corrected chi connectivity index (χ3v) is 2.05. The maximum absolute atomic E-state index is 12.8. The minimum atomic E-state index is -0.651. The topological polar surface area (TPSA) is 17.1 Å². The van der Waals surface area contributed by atoms with E-state index in [1.54, 1.807) is 0 Å². The Hall–Kier alpha value is -0.160. The third-order valence-electron chi connectivity index (χ3n) is 1.15. The average molecular weight is 284 g/mol. The van der Waals surface area contributed by atoms with Gasteiger partial charge in [0.05, 0.1) is 10.6 Å². The van der Waals surface area contributed by atoms with Crippen molar-refractivity contribution >= 4 is 40.5 Å². The quantitative estimate of drug-likeness (QED) is 0.440. The van der Waals surface area contributed by atoms with Crippen molar-refractivity contribution in [3.63, 3.8) is 0 Å². The molecule has 0 heterocycles. The van der Waals surface area contributed by atoms with Crippen molar-refractivity contribution in [2.45, 2.75) is 0 Å². The first kappa shape index (κ1) is 8.93. The van der Waals surface area contributed by atoms with E-state index < -0.39 is 5.82 Å². The normalized spacial score (nSPS) is 9.73. The third kappa shape index (κ3) is 1.90. The van der Waals surface area contributed by atoms with Crippen molar-refractivity contribution in [3.8, 4) is 0 Å². The van der Waals surface area contributed by atoms with Crippen molar-refractivity contribution in [2.75, 3.05) is 0 Å². The van der Waals surface area contributed by atoms with E-state index in [0.29, 0.717) is 6.29 Å². The molecule has 1 aromatic rings. The fourth-order valence-corrected chi connectivity index (χ4v) is 1.72. The number of hydrogen-bond donors (Lipinski definition) is 0. The summed E-state index contributed by atoms with van der Waals surface area (Å²) < 4.78 is 13.6. The highest BCUT2D eigenvalue weighted by Gasteiger charge is 2.06. The molecule has 0 unspecified atom stereocenters. The van der Waals surface area contributed by atoms with Gasteiger partial charge in [0, 0.05) is 3.57 Å². The van der Waals surface area contributed by atoms with Gasteiger partial charge in [0.2, 0.25) is 0 Å². The highest BCUT2D eigenvalue weighted by atomic mass is 127. The maximum Gasteiger partial charge on any atom is 0.153 e. The Morgan fingerprint density at radius 2 is 2.18 bits per heavy atom. The maximum atomic E-state index is 12.8. The molecule has 0 saturated heterocycles. The summed E-state index contributed by atoms with van der Waals surface area (Å²) in [7, 11) is 0. The van der Waals surface area contributed by atoms with Crippen molar-refractivity contribution < 1.29 is 9.18 Å². The van der Waals surface area contributed by atoms with Gasteiger partial charge in [-0.25, -0.2) is 4.39 Å². The van der Waals surface area contributed by atoms with E-state index in [4.69, 9.17) is 11.6 Å². The van der Waals surface area contributed by atoms with Crippen molar-refractivity contribution in [2.24, 2.45) is 0 Å². The van der Waals surface area contributed by atoms with Crippen LogP contribution >= 0.6 is 34.2 Å². The SMILES string of the molecule is O=Cc1cc(I)cc(Cl)c1F. The highest BCUT2D eigenvalue weighted by Crippen LogP contribution is 2.20. The molecule has 0 bridgehead atoms. The van der Waals surface area contributed by atoms with Crippen molar-refractivity contribution in [1.29, 1.82) is 0 Å². The Kier molecular flexibility index (Phi) is 2.84. The Labute approximate surface area is 81.7 Å². The summed E-state index contributed by atoms with van der Waals surface area (Å²) in [6.07, 6.45) is 0.448. The van der Waals surface area contributed by atoms with E-state index in [2.05, 4.69) is 0 Å². The Morgan fingerprint density at radius 3 is 2.73 bits per heavy atom. The largest absolute Gasteiger partial charge is 0.298 e. The smallest absolute Gasteiger partial charge is 0.153 e. The minimum absolute atomic E-state index is 0.00176. The highest BCUT2D eigenvalue weighted by molar-refractivity contribution is 14.1. The first-order chi connectivity index (χ1) is 5.15. The second-order valence-corrected chi connectivity index (χ2v) is 3.56. The van der Waals surface area contributed by atoms with Gasteiger partial charge in [-0.05, 0) is 34.7 Å². The van der Waals surface area contributed by atoms with Gasteiger partial charge in [-0.3, -0.25) is 4.79 Å². The molecule has 1 aromatic carbocycles. The lowest BCUT2D eigenvalue weighted by Crippen LogP contribution is -1.89. The fourth-order valence-electron chi connectivity index (χ4n) is 0.662. The molecule has 0 saturated carbocycles. The first-order valence-corrected chi connectivity index (χ1v) is 4.20. The van der Waals surface area contributed by atoms with E-state index >= 15 is 0 Å². The summed E-state index contributed by atoms with van der Waals surface area (Å²) in [6.45, 7) is 0. The molecule has 0 atom stereocenters. The lowest BCUT2D eigenvalue weighted by molar-refractivity contribution is 0.112. The number of carbonyl (C=O) groups is 1. The predicted molar refractivity (Wildman–Crippen MR) is 49.5 cm³/mol. The molecule has 11 heavy (non-hydrogen) atoms. The number of hydrogen-bond acceptors (Lipinski definition) is 1. The molecule has 1 nitrogen and oxygen atoms in total. The molecule has 0 N–H and O–H groups in total. The summed E-state index contributed by atoms with van der Waals surface area (Å²) in [5.74, 6) is -0.651. The van der Waals surface area contributed by atoms with Gasteiger partial charge < -0.3 is 0 Å². The standard InChI is InChI=1S/C7H3ClFIO/c8-6-2-5(10)1-4(3-11)7(6)9/h1-3H. The van der Waals surface area contributed by atoms with Crippen LogP contribution in [0.3, 0.4) is 0 Å². The number of halogens is 3. The number of rotatable bonds is 1. The second-order valence-electron chi connectivity index (χ2n) is 1.91. The molecule has 0 amide bonds. The number of benzene rings is 1. The summed E-state index contributed by atoms with van der Waals surface area (Å²) >= 11 is 7.42. The van der Waals surface area contributed by atoms with Gasteiger partial charge in [-0.15, -0.1) is 0 Å². The van der Waals surface area contributed by atoms with Crippen LogP contribution in [0.15, 0.2) is 12.1 Å². The molecule has 0 radical (unpaired) electrons. The average Bonchev–Trinajstić information content (AvgIpc) is 1.96. The van der Waals surface area contributed by atoms with Crippen LogP contribution in [-0.4, -0.2) is 6.29 Å². The van der Waals surface area contributed by atoms with E-state index in [9.17, 15) is 9.18 Å². The molecule has 4 heteroatoms. The van der Waals surface area contributed by atoms with Crippen LogP contribution in [0.5, 0.6) is 0 Å². The lowest BCUT2D eigenvalue weighted by Gasteiger charge is -1.97. The molecule has 0 fully saturated rings. The van der Waals surface area contributed by atoms with Crippen LogP contribution in [0.2, 0.25) is 5.02 Å². The van der Waals surface area contributed by atoms with Gasteiger partial charge in [-0.2, -0.15) is 0 Å². The predicted octanol–water partition coefficient (Wildman–Crippen LogP) is 2.90. The molecule has 0 aliphatic rings. The molecular weight excluding hydrogens is 281 g/mol. The molecule has 58 valence electrons. The van der Waals surface area contributed by atoms with Crippen LogP contribution in [0.4, 0.5) is 4.39 Å². The van der Waals surface area contributed by atoms with E-state index in [-0.39, 0.29) is 10.6 Å². The first-order valence-electron chi connectivity index (χ1n) is 2.75. The van der Waals surface area contributed by atoms with E-state index in [1.165, 1.54) is 12.1 Å². The number of aldehydes is 1. The van der Waals surface area contributed by atoms with E-state index in [1.807, 2.05) is 22.6 Å². The van der Waals surface area contributed by atoms with Crippen LogP contribution < -0.4 is 0 Å². The zero-order valence-electron chi connectivity index (χ0n) is 5.27. The van der Waals surface area contributed by atoms with Crippen LogP contribution in [0.25, 0.3) is 0 Å². The summed E-state index contributed by atoms with van der Waals surface area (Å²) in [6, 6.07) is 2.90. The second kappa shape index (κ2) is 3.49. The van der Waals surface area contributed by atoms with E-state index in [0.717, 1.165) is 3.57 Å². The molecule has 0 aliphatic heterocycles. The summed E-state index contributed by atoms with van der Waals surface area (Å²) in [4.78, 5) is 10.2. The summed E-state index contributed by atoms with van der Waals surface area (Å²) in [5.41, 5.74) is 0.00176. The van der Waals surface area contributed by atoms with Gasteiger partial charge >= 0.3 is 0 Å². The Morgan fingerprint density at radius 1 is 1.55 bits per heavy atom. The summed E-state index contributed by atoms with van der Waals surface area (Å²) in [5, 5.41) is -0.0148. The molecule has 1 rings (SSSR count). The van der Waals surface area contributed by atoms with Crippen LogP contribution in [-0.2, 0) is 0 Å². The molecule has 0 spiro atoms. The number of carbonyl (C=O) groups excluding carboxylic acids is 1. The zero-order valence-corrected chi connectivity index (χ0v) is 8.19. The minimum Gasteiger partial charge on any atom is -0.298 e. The monoisotopic (exact) mass is 284 g/mol. The molecule has 0 aliphatic carbocycles. The van der Waals surface area contributed by atoms with Gasteiger partial charge in [0.15, 0.2) is 12.1 Å². The van der Waals surface area contributed by atoms with Crippen molar-refractivity contribution in [1.82, 2.24) is 0 Å². The van der Waals surface area contributed by atoms with Crippen LogP contribution in [0, 0.1) is 9.39 Å².